The number of carbonyl (C=O) groups excluding carboxylic acids is 1. The van der Waals surface area contributed by atoms with E-state index < -0.39 is 0 Å². The van der Waals surface area contributed by atoms with Gasteiger partial charge in [-0.3, -0.25) is 4.79 Å². The van der Waals surface area contributed by atoms with Crippen molar-refractivity contribution in [2.24, 2.45) is 0 Å². The van der Waals surface area contributed by atoms with E-state index in [0.717, 1.165) is 16.7 Å². The Bertz CT molecular complexity index is 1160. The van der Waals surface area contributed by atoms with Gasteiger partial charge in [0.25, 0.3) is 5.91 Å². The molecule has 5 heteroatoms. The molecule has 0 aliphatic heterocycles. The minimum atomic E-state index is -0.0652. The molecule has 1 amide bonds. The normalized spacial score (nSPS) is 11.0. The maximum absolute atomic E-state index is 13.5. The summed E-state index contributed by atoms with van der Waals surface area (Å²) >= 11 is 0. The first kappa shape index (κ1) is 20.5. The van der Waals surface area contributed by atoms with Gasteiger partial charge in [0, 0.05) is 17.2 Å². The molecule has 0 saturated heterocycles. The third-order valence-electron chi connectivity index (χ3n) is 5.21. The van der Waals surface area contributed by atoms with E-state index in [1.165, 1.54) is 5.56 Å². The molecule has 1 aromatic heterocycles. The second-order valence-electron chi connectivity index (χ2n) is 7.82. The molecule has 3 aromatic carbocycles. The third kappa shape index (κ3) is 4.56. The Morgan fingerprint density at radius 1 is 0.903 bits per heavy atom. The number of carbonyl (C=O) groups is 1. The first-order valence-corrected chi connectivity index (χ1v) is 10.4. The number of aryl methyl sites for hydroxylation is 1. The van der Waals surface area contributed by atoms with Gasteiger partial charge in [0.1, 0.15) is 6.54 Å². The van der Waals surface area contributed by atoms with E-state index in [4.69, 9.17) is 4.52 Å². The number of hydrogen-bond donors (Lipinski definition) is 0. The van der Waals surface area contributed by atoms with E-state index >= 15 is 0 Å². The lowest BCUT2D eigenvalue weighted by Gasteiger charge is -2.26. The van der Waals surface area contributed by atoms with Gasteiger partial charge in [0.15, 0.2) is 0 Å². The molecule has 0 N–H and O–H groups in total. The maximum Gasteiger partial charge on any atom is 0.255 e. The fraction of sp³-hybridized carbons (Fsp3) is 0.192. The van der Waals surface area contributed by atoms with Crippen LogP contribution in [-0.4, -0.2) is 27.0 Å². The summed E-state index contributed by atoms with van der Waals surface area (Å²) in [4.78, 5) is 19.8. The maximum atomic E-state index is 13.5. The Hall–Kier alpha value is -3.73. The lowest BCUT2D eigenvalue weighted by atomic mass is 9.98. The summed E-state index contributed by atoms with van der Waals surface area (Å²) in [5.41, 5.74) is 4.62. The lowest BCUT2D eigenvalue weighted by molar-refractivity contribution is 0.0668. The molecule has 0 radical (unpaired) electrons. The molecule has 156 valence electrons. The molecular weight excluding hydrogens is 386 g/mol. The van der Waals surface area contributed by atoms with Crippen molar-refractivity contribution in [3.8, 4) is 22.5 Å². The molecule has 1 heterocycles. The van der Waals surface area contributed by atoms with Crippen LogP contribution in [0.15, 0.2) is 83.4 Å². The molecule has 0 atom stereocenters. The average molecular weight is 412 g/mol. The molecule has 0 spiro atoms. The second-order valence-corrected chi connectivity index (χ2v) is 7.82. The quantitative estimate of drug-likeness (QED) is 0.405. The van der Waals surface area contributed by atoms with Crippen LogP contribution in [0.1, 0.15) is 35.7 Å². The molecule has 0 aliphatic rings. The van der Waals surface area contributed by atoms with Crippen LogP contribution in [0.25, 0.3) is 22.5 Å². The summed E-state index contributed by atoms with van der Waals surface area (Å²) in [6.07, 6.45) is 0. The summed E-state index contributed by atoms with van der Waals surface area (Å²) < 4.78 is 5.48. The fourth-order valence-electron chi connectivity index (χ4n) is 3.47. The van der Waals surface area contributed by atoms with Crippen molar-refractivity contribution in [3.05, 3.63) is 95.9 Å². The Labute approximate surface area is 182 Å². The van der Waals surface area contributed by atoms with E-state index in [2.05, 4.69) is 10.1 Å². The average Bonchev–Trinajstić information content (AvgIpc) is 3.26. The largest absolute Gasteiger partial charge is 0.337 e. The summed E-state index contributed by atoms with van der Waals surface area (Å²) in [6.45, 7) is 6.25. The van der Waals surface area contributed by atoms with Gasteiger partial charge >= 0.3 is 0 Å². The van der Waals surface area contributed by atoms with Gasteiger partial charge < -0.3 is 9.42 Å². The Morgan fingerprint density at radius 3 is 2.29 bits per heavy atom. The Balaban J connectivity index is 1.61. The van der Waals surface area contributed by atoms with Crippen LogP contribution in [0.5, 0.6) is 0 Å². The highest BCUT2D eigenvalue weighted by molar-refractivity contribution is 6.01. The zero-order valence-electron chi connectivity index (χ0n) is 17.9. The zero-order valence-corrected chi connectivity index (χ0v) is 17.9. The molecule has 0 fully saturated rings. The molecular formula is C26H25N3O2. The van der Waals surface area contributed by atoms with Crippen molar-refractivity contribution in [2.45, 2.75) is 33.4 Å². The molecule has 0 bridgehead atoms. The summed E-state index contributed by atoms with van der Waals surface area (Å²) in [5, 5.41) is 4.10. The van der Waals surface area contributed by atoms with Gasteiger partial charge in [-0.2, -0.15) is 4.98 Å². The van der Waals surface area contributed by atoms with Crippen molar-refractivity contribution in [1.29, 1.82) is 0 Å². The van der Waals surface area contributed by atoms with E-state index in [1.807, 2.05) is 99.6 Å². The number of rotatable bonds is 6. The van der Waals surface area contributed by atoms with Gasteiger partial charge in [0.2, 0.25) is 11.7 Å². The molecule has 4 aromatic rings. The van der Waals surface area contributed by atoms with E-state index in [0.29, 0.717) is 17.3 Å². The van der Waals surface area contributed by atoms with Crippen molar-refractivity contribution >= 4 is 5.91 Å². The van der Waals surface area contributed by atoms with E-state index in [9.17, 15) is 4.79 Å². The topological polar surface area (TPSA) is 59.2 Å². The number of hydrogen-bond acceptors (Lipinski definition) is 4. The standard InChI is InChI=1S/C26H25N3O2/c1-18(2)29(17-24-27-25(28-31-24)21-15-13-19(3)14-16-21)26(30)23-12-8-7-11-22(23)20-9-5-4-6-10-20/h4-16,18H,17H2,1-3H3. The number of aromatic nitrogens is 2. The predicted octanol–water partition coefficient (Wildman–Crippen LogP) is 5.76. The zero-order chi connectivity index (χ0) is 21.8. The van der Waals surface area contributed by atoms with E-state index in [1.54, 1.807) is 4.90 Å². The van der Waals surface area contributed by atoms with Crippen LogP contribution in [0.2, 0.25) is 0 Å². The van der Waals surface area contributed by atoms with Gasteiger partial charge in [-0.25, -0.2) is 0 Å². The number of nitrogens with zero attached hydrogens (tertiary/aromatic N) is 3. The monoisotopic (exact) mass is 411 g/mol. The van der Waals surface area contributed by atoms with Crippen LogP contribution in [0.4, 0.5) is 0 Å². The summed E-state index contributed by atoms with van der Waals surface area (Å²) in [7, 11) is 0. The summed E-state index contributed by atoms with van der Waals surface area (Å²) in [5.74, 6) is 0.871. The first-order valence-electron chi connectivity index (χ1n) is 10.4. The van der Waals surface area contributed by atoms with Crippen molar-refractivity contribution < 1.29 is 9.32 Å². The summed E-state index contributed by atoms with van der Waals surface area (Å²) in [6, 6.07) is 25.5. The number of benzene rings is 3. The van der Waals surface area contributed by atoms with Crippen LogP contribution in [0, 0.1) is 6.92 Å². The van der Waals surface area contributed by atoms with Crippen LogP contribution >= 0.6 is 0 Å². The molecule has 4 rings (SSSR count). The molecule has 0 unspecified atom stereocenters. The van der Waals surface area contributed by atoms with Crippen molar-refractivity contribution in [1.82, 2.24) is 15.0 Å². The number of amides is 1. The smallest absolute Gasteiger partial charge is 0.255 e. The van der Waals surface area contributed by atoms with Gasteiger partial charge in [-0.05, 0) is 38.0 Å². The molecule has 5 nitrogen and oxygen atoms in total. The molecule has 0 aliphatic carbocycles. The van der Waals surface area contributed by atoms with Gasteiger partial charge in [-0.15, -0.1) is 0 Å². The van der Waals surface area contributed by atoms with Gasteiger partial charge in [0.05, 0.1) is 0 Å². The highest BCUT2D eigenvalue weighted by Crippen LogP contribution is 2.26. The van der Waals surface area contributed by atoms with Crippen molar-refractivity contribution in [2.75, 3.05) is 0 Å². The molecule has 0 saturated carbocycles. The fourth-order valence-corrected chi connectivity index (χ4v) is 3.47. The Kier molecular flexibility index (Phi) is 5.94. The van der Waals surface area contributed by atoms with Gasteiger partial charge in [-0.1, -0.05) is 83.5 Å². The minimum Gasteiger partial charge on any atom is -0.337 e. The Morgan fingerprint density at radius 2 is 1.58 bits per heavy atom. The SMILES string of the molecule is Cc1ccc(-c2noc(CN(C(=O)c3ccccc3-c3ccccc3)C(C)C)n2)cc1. The second kappa shape index (κ2) is 8.96. The highest BCUT2D eigenvalue weighted by Gasteiger charge is 2.24. The van der Waals surface area contributed by atoms with Crippen molar-refractivity contribution in [3.63, 3.8) is 0 Å². The van der Waals surface area contributed by atoms with Crippen LogP contribution < -0.4 is 0 Å². The first-order chi connectivity index (χ1) is 15.0. The van der Waals surface area contributed by atoms with Crippen LogP contribution in [-0.2, 0) is 6.54 Å². The van der Waals surface area contributed by atoms with Crippen LogP contribution in [0.3, 0.4) is 0 Å². The third-order valence-corrected chi connectivity index (χ3v) is 5.21. The minimum absolute atomic E-state index is 0.0361. The lowest BCUT2D eigenvalue weighted by Crippen LogP contribution is -2.36. The molecule has 31 heavy (non-hydrogen) atoms. The van der Waals surface area contributed by atoms with E-state index in [-0.39, 0.29) is 18.5 Å². The highest BCUT2D eigenvalue weighted by atomic mass is 16.5. The predicted molar refractivity (Wildman–Crippen MR) is 121 cm³/mol.